The Hall–Kier alpha value is -3.14. The van der Waals surface area contributed by atoms with Gasteiger partial charge < -0.3 is 10.1 Å². The first kappa shape index (κ1) is 27.1. The lowest BCUT2D eigenvalue weighted by molar-refractivity contribution is -0.384. The molecular formula is C24H33N3O6S. The van der Waals surface area contributed by atoms with Crippen molar-refractivity contribution in [3.05, 3.63) is 63.7 Å². The molecule has 9 nitrogen and oxygen atoms in total. The van der Waals surface area contributed by atoms with Crippen LogP contribution in [0, 0.1) is 17.0 Å². The summed E-state index contributed by atoms with van der Waals surface area (Å²) < 4.78 is 31.9. The van der Waals surface area contributed by atoms with E-state index in [2.05, 4.69) is 26.1 Å². The summed E-state index contributed by atoms with van der Waals surface area (Å²) in [5.74, 6) is 0.157. The van der Waals surface area contributed by atoms with Gasteiger partial charge in [0.15, 0.2) is 0 Å². The van der Waals surface area contributed by atoms with Crippen molar-refractivity contribution in [3.8, 4) is 5.75 Å². The minimum Gasteiger partial charge on any atom is -0.492 e. The molecule has 0 aliphatic rings. The van der Waals surface area contributed by atoms with Gasteiger partial charge in [-0.2, -0.15) is 0 Å². The van der Waals surface area contributed by atoms with Gasteiger partial charge in [0.2, 0.25) is 15.9 Å². The maximum Gasteiger partial charge on any atom is 0.271 e. The number of benzene rings is 2. The fraction of sp³-hybridized carbons (Fsp3) is 0.458. The molecule has 0 aliphatic carbocycles. The second-order valence-electron chi connectivity index (χ2n) is 9.12. The highest BCUT2D eigenvalue weighted by Gasteiger charge is 2.33. The summed E-state index contributed by atoms with van der Waals surface area (Å²) in [4.78, 5) is 23.5. The number of non-ortho nitro benzene ring substituents is 1. The fourth-order valence-corrected chi connectivity index (χ4v) is 4.76. The number of carbonyl (C=O) groups is 1. The maximum atomic E-state index is 12.9. The molecule has 0 saturated carbocycles. The Kier molecular flexibility index (Phi) is 8.66. The molecule has 0 saturated heterocycles. The van der Waals surface area contributed by atoms with E-state index in [-0.39, 0.29) is 36.4 Å². The Morgan fingerprint density at radius 1 is 1.18 bits per heavy atom. The van der Waals surface area contributed by atoms with E-state index in [1.165, 1.54) is 23.8 Å². The monoisotopic (exact) mass is 491 g/mol. The zero-order valence-corrected chi connectivity index (χ0v) is 21.3. The summed E-state index contributed by atoms with van der Waals surface area (Å²) in [5.41, 5.74) is 1.56. The number of nitrogens with one attached hydrogen (secondary N) is 1. The summed E-state index contributed by atoms with van der Waals surface area (Å²) >= 11 is 0. The van der Waals surface area contributed by atoms with Crippen LogP contribution in [0.3, 0.4) is 0 Å². The fourth-order valence-electron chi connectivity index (χ4n) is 3.50. The third-order valence-electron chi connectivity index (χ3n) is 5.36. The van der Waals surface area contributed by atoms with Crippen LogP contribution < -0.4 is 14.4 Å². The number of ether oxygens (including phenoxy) is 1. The summed E-state index contributed by atoms with van der Waals surface area (Å²) in [6.45, 7) is 10.1. The molecule has 2 aromatic carbocycles. The average molecular weight is 492 g/mol. The number of hydrogen-bond donors (Lipinski definition) is 1. The van der Waals surface area contributed by atoms with Crippen molar-refractivity contribution in [2.75, 3.05) is 23.7 Å². The van der Waals surface area contributed by atoms with Crippen molar-refractivity contribution in [3.63, 3.8) is 0 Å². The van der Waals surface area contributed by atoms with Gasteiger partial charge in [-0.15, -0.1) is 0 Å². The van der Waals surface area contributed by atoms with Crippen LogP contribution >= 0.6 is 0 Å². The molecule has 0 unspecified atom stereocenters. The molecule has 1 atom stereocenters. The number of anilines is 1. The summed E-state index contributed by atoms with van der Waals surface area (Å²) in [6.07, 6.45) is 1.15. The van der Waals surface area contributed by atoms with E-state index < -0.39 is 26.9 Å². The molecule has 0 fully saturated rings. The van der Waals surface area contributed by atoms with Crippen molar-refractivity contribution in [1.82, 2.24) is 5.32 Å². The molecule has 0 aliphatic heterocycles. The first-order chi connectivity index (χ1) is 15.8. The van der Waals surface area contributed by atoms with Gasteiger partial charge in [-0.25, -0.2) is 8.42 Å². The lowest BCUT2D eigenvalue weighted by Crippen LogP contribution is -2.50. The number of rotatable bonds is 10. The third kappa shape index (κ3) is 6.93. The minimum atomic E-state index is -3.91. The number of sulfonamides is 1. The van der Waals surface area contributed by atoms with Crippen molar-refractivity contribution in [2.45, 2.75) is 52.5 Å². The first-order valence-corrected chi connectivity index (χ1v) is 12.9. The topological polar surface area (TPSA) is 119 Å². The third-order valence-corrected chi connectivity index (χ3v) is 6.53. The molecule has 1 N–H and O–H groups in total. The Morgan fingerprint density at radius 2 is 1.79 bits per heavy atom. The number of nitrogens with zero attached hydrogens (tertiary/aromatic N) is 2. The van der Waals surface area contributed by atoms with Gasteiger partial charge in [0.05, 0.1) is 23.4 Å². The highest BCUT2D eigenvalue weighted by atomic mass is 32.2. The van der Waals surface area contributed by atoms with Crippen molar-refractivity contribution in [1.29, 1.82) is 0 Å². The van der Waals surface area contributed by atoms with Crippen molar-refractivity contribution >= 4 is 27.3 Å². The largest absolute Gasteiger partial charge is 0.492 e. The molecule has 0 bridgehead atoms. The van der Waals surface area contributed by atoms with Crippen LogP contribution in [0.15, 0.2) is 42.5 Å². The smallest absolute Gasteiger partial charge is 0.271 e. The number of nitro benzene ring substituents is 1. The van der Waals surface area contributed by atoms with E-state index >= 15 is 0 Å². The van der Waals surface area contributed by atoms with E-state index in [4.69, 9.17) is 4.74 Å². The van der Waals surface area contributed by atoms with E-state index in [0.717, 1.165) is 10.6 Å². The van der Waals surface area contributed by atoms with Crippen LogP contribution in [0.2, 0.25) is 0 Å². The quantitative estimate of drug-likeness (QED) is 0.305. The number of hydrogen-bond acceptors (Lipinski definition) is 6. The van der Waals surface area contributed by atoms with E-state index in [1.54, 1.807) is 13.8 Å². The second-order valence-corrected chi connectivity index (χ2v) is 11.0. The molecule has 0 aromatic heterocycles. The van der Waals surface area contributed by atoms with E-state index in [0.29, 0.717) is 11.3 Å². The lowest BCUT2D eigenvalue weighted by atomic mass is 9.87. The Morgan fingerprint density at radius 3 is 2.29 bits per heavy atom. The van der Waals surface area contributed by atoms with Crippen LogP contribution in [-0.4, -0.2) is 44.7 Å². The van der Waals surface area contributed by atoms with Crippen LogP contribution in [0.1, 0.15) is 45.2 Å². The normalized spacial score (nSPS) is 12.6. The Bertz CT molecular complexity index is 1120. The highest BCUT2D eigenvalue weighted by molar-refractivity contribution is 7.92. The summed E-state index contributed by atoms with van der Waals surface area (Å²) in [5, 5.41) is 13.9. The Labute approximate surface area is 201 Å². The molecule has 10 heteroatoms. The molecule has 2 rings (SSSR count). The molecule has 186 valence electrons. The van der Waals surface area contributed by atoms with Gasteiger partial charge in [0.1, 0.15) is 18.4 Å². The zero-order chi connectivity index (χ0) is 25.7. The SMILES string of the molecule is CC[C@H](C(=O)NCCOc1ccc(C(C)(C)C)cc1)N(c1cc([N+](=O)[O-])ccc1C)S(C)(=O)=O. The molecular weight excluding hydrogens is 458 g/mol. The Balaban J connectivity index is 2.12. The zero-order valence-electron chi connectivity index (χ0n) is 20.5. The molecule has 0 radical (unpaired) electrons. The van der Waals surface area contributed by atoms with Crippen LogP contribution in [-0.2, 0) is 20.2 Å². The standard InChI is InChI=1S/C24H33N3O6S/c1-7-21(26(34(6,31)32)22-16-19(27(29)30)11-8-17(22)2)23(28)25-14-15-33-20-12-9-18(10-13-20)24(3,4)5/h8-13,16,21H,7,14-15H2,1-6H3,(H,25,28)/t21-/m1/s1. The van der Waals surface area contributed by atoms with Crippen molar-refractivity contribution < 1.29 is 22.9 Å². The van der Waals surface area contributed by atoms with Crippen LogP contribution in [0.4, 0.5) is 11.4 Å². The number of nitro groups is 1. The predicted molar refractivity (Wildman–Crippen MR) is 133 cm³/mol. The van der Waals surface area contributed by atoms with E-state index in [1.807, 2.05) is 24.3 Å². The average Bonchev–Trinajstić information content (AvgIpc) is 2.74. The van der Waals surface area contributed by atoms with Gasteiger partial charge >= 0.3 is 0 Å². The number of amides is 1. The van der Waals surface area contributed by atoms with Gasteiger partial charge in [0.25, 0.3) is 5.69 Å². The molecule has 1 amide bonds. The van der Waals surface area contributed by atoms with Gasteiger partial charge in [-0.1, -0.05) is 45.9 Å². The first-order valence-electron chi connectivity index (χ1n) is 11.0. The van der Waals surface area contributed by atoms with Gasteiger partial charge in [-0.3, -0.25) is 19.2 Å². The molecule has 34 heavy (non-hydrogen) atoms. The summed E-state index contributed by atoms with van der Waals surface area (Å²) in [7, 11) is -3.91. The van der Waals surface area contributed by atoms with Crippen molar-refractivity contribution in [2.24, 2.45) is 0 Å². The highest BCUT2D eigenvalue weighted by Crippen LogP contribution is 2.30. The lowest BCUT2D eigenvalue weighted by Gasteiger charge is -2.31. The maximum absolute atomic E-state index is 12.9. The number of aryl methyl sites for hydroxylation is 1. The second kappa shape index (κ2) is 10.9. The van der Waals surface area contributed by atoms with E-state index in [9.17, 15) is 23.3 Å². The minimum absolute atomic E-state index is 0.0324. The predicted octanol–water partition coefficient (Wildman–Crippen LogP) is 3.94. The van der Waals surface area contributed by atoms with Crippen LogP contribution in [0.5, 0.6) is 5.75 Å². The molecule has 2 aromatic rings. The number of carbonyl (C=O) groups excluding carboxylic acids is 1. The van der Waals surface area contributed by atoms with Crippen LogP contribution in [0.25, 0.3) is 0 Å². The van der Waals surface area contributed by atoms with Gasteiger partial charge in [0, 0.05) is 12.1 Å². The summed E-state index contributed by atoms with van der Waals surface area (Å²) in [6, 6.07) is 10.6. The molecule has 0 heterocycles. The van der Waals surface area contributed by atoms with Gasteiger partial charge in [-0.05, 0) is 42.0 Å². The molecule has 0 spiro atoms.